The zero-order valence-electron chi connectivity index (χ0n) is 7.71. The number of nitrogens with two attached hydrogens (primary N) is 4. The third-order valence-corrected chi connectivity index (χ3v) is 1.90. The predicted octanol–water partition coefficient (Wildman–Crippen LogP) is -0.534. The molecule has 0 aliphatic heterocycles. The van der Waals surface area contributed by atoms with Gasteiger partial charge < -0.3 is 22.9 Å². The van der Waals surface area contributed by atoms with E-state index in [0.29, 0.717) is 0 Å². The van der Waals surface area contributed by atoms with E-state index in [2.05, 4.69) is 0 Å². The van der Waals surface area contributed by atoms with Gasteiger partial charge in [0.05, 0.1) is 6.17 Å². The summed E-state index contributed by atoms with van der Waals surface area (Å²) < 4.78 is 0. The van der Waals surface area contributed by atoms with Crippen molar-refractivity contribution in [3.8, 4) is 0 Å². The Hall–Kier alpha value is -0.160. The van der Waals surface area contributed by atoms with E-state index < -0.39 is 0 Å². The molecule has 4 heteroatoms. The Morgan fingerprint density at radius 1 is 0.833 bits per heavy atom. The lowest BCUT2D eigenvalue weighted by atomic mass is 10.0. The lowest BCUT2D eigenvalue weighted by Gasteiger charge is -2.12. The highest BCUT2D eigenvalue weighted by molar-refractivity contribution is 4.64. The normalized spacial score (nSPS) is 13.8. The van der Waals surface area contributed by atoms with Gasteiger partial charge in [-0.25, -0.2) is 0 Å². The Morgan fingerprint density at radius 2 is 1.50 bits per heavy atom. The number of unbranched alkanes of at least 4 members (excludes halogenated alkanes) is 1. The quantitative estimate of drug-likeness (QED) is 0.307. The third-order valence-electron chi connectivity index (χ3n) is 1.90. The molecule has 74 valence electrons. The molecule has 0 fully saturated rings. The van der Waals surface area contributed by atoms with Gasteiger partial charge in [0.15, 0.2) is 0 Å². The van der Waals surface area contributed by atoms with Gasteiger partial charge in [0.2, 0.25) is 0 Å². The van der Waals surface area contributed by atoms with E-state index in [9.17, 15) is 0 Å². The van der Waals surface area contributed by atoms with E-state index in [-0.39, 0.29) is 12.2 Å². The van der Waals surface area contributed by atoms with Gasteiger partial charge in [-0.15, -0.1) is 0 Å². The van der Waals surface area contributed by atoms with Crippen LogP contribution in [0.25, 0.3) is 0 Å². The zero-order chi connectivity index (χ0) is 9.40. The molecule has 1 unspecified atom stereocenters. The molecule has 0 radical (unpaired) electrons. The van der Waals surface area contributed by atoms with Gasteiger partial charge in [0.25, 0.3) is 0 Å². The monoisotopic (exact) mass is 174 g/mol. The molecule has 8 N–H and O–H groups in total. The average molecular weight is 174 g/mol. The summed E-state index contributed by atoms with van der Waals surface area (Å²) >= 11 is 0. The maximum Gasteiger partial charge on any atom is 0.0521 e. The molecular weight excluding hydrogens is 152 g/mol. The minimum absolute atomic E-state index is 0.217. The maximum absolute atomic E-state index is 5.81. The summed E-state index contributed by atoms with van der Waals surface area (Å²) in [5.74, 6) is 0. The first-order valence-electron chi connectivity index (χ1n) is 4.63. The van der Waals surface area contributed by atoms with Crippen LogP contribution in [0.1, 0.15) is 32.1 Å². The van der Waals surface area contributed by atoms with E-state index in [1.54, 1.807) is 0 Å². The average Bonchev–Trinajstić information content (AvgIpc) is 2.01. The molecule has 0 heterocycles. The summed E-state index contributed by atoms with van der Waals surface area (Å²) in [4.78, 5) is 0. The van der Waals surface area contributed by atoms with Crippen molar-refractivity contribution < 1.29 is 0 Å². The molecule has 0 rings (SSSR count). The zero-order valence-corrected chi connectivity index (χ0v) is 7.71. The second kappa shape index (κ2) is 7.49. The van der Waals surface area contributed by atoms with Crippen molar-refractivity contribution in [2.75, 3.05) is 6.54 Å². The smallest absolute Gasteiger partial charge is 0.0521 e. The van der Waals surface area contributed by atoms with Crippen molar-refractivity contribution in [2.24, 2.45) is 22.9 Å². The van der Waals surface area contributed by atoms with E-state index in [0.717, 1.165) is 38.6 Å². The molecule has 1 atom stereocenters. The van der Waals surface area contributed by atoms with Gasteiger partial charge in [-0.2, -0.15) is 0 Å². The molecule has 4 nitrogen and oxygen atoms in total. The number of hydrogen-bond donors (Lipinski definition) is 4. The summed E-state index contributed by atoms with van der Waals surface area (Å²) in [6.07, 6.45) is 4.71. The molecule has 0 amide bonds. The van der Waals surface area contributed by atoms with Crippen molar-refractivity contribution in [1.29, 1.82) is 0 Å². The first-order valence-corrected chi connectivity index (χ1v) is 4.63. The first-order chi connectivity index (χ1) is 5.66. The molecule has 12 heavy (non-hydrogen) atoms. The lowest BCUT2D eigenvalue weighted by molar-refractivity contribution is 0.487. The van der Waals surface area contributed by atoms with Crippen molar-refractivity contribution in [3.63, 3.8) is 0 Å². The Balaban J connectivity index is 3.15. The Bertz CT molecular complexity index is 95.1. The van der Waals surface area contributed by atoms with Crippen LogP contribution in [0.3, 0.4) is 0 Å². The van der Waals surface area contributed by atoms with Crippen LogP contribution >= 0.6 is 0 Å². The van der Waals surface area contributed by atoms with Crippen LogP contribution < -0.4 is 22.9 Å². The molecule has 0 aliphatic rings. The van der Waals surface area contributed by atoms with E-state index in [4.69, 9.17) is 22.9 Å². The van der Waals surface area contributed by atoms with Crippen molar-refractivity contribution in [3.05, 3.63) is 0 Å². The van der Waals surface area contributed by atoms with Gasteiger partial charge >= 0.3 is 0 Å². The first kappa shape index (κ1) is 11.8. The van der Waals surface area contributed by atoms with E-state index in [1.165, 1.54) is 0 Å². The molecule has 0 saturated carbocycles. The van der Waals surface area contributed by atoms with Crippen LogP contribution in [0.4, 0.5) is 0 Å². The van der Waals surface area contributed by atoms with E-state index >= 15 is 0 Å². The van der Waals surface area contributed by atoms with Gasteiger partial charge in [-0.3, -0.25) is 0 Å². The van der Waals surface area contributed by atoms with Gasteiger partial charge in [-0.1, -0.05) is 6.42 Å². The van der Waals surface area contributed by atoms with Crippen LogP contribution in [0.15, 0.2) is 0 Å². The third kappa shape index (κ3) is 7.94. The van der Waals surface area contributed by atoms with Crippen molar-refractivity contribution in [2.45, 2.75) is 44.3 Å². The number of rotatable bonds is 7. The SMILES string of the molecule is NCCCCC(N)CCC(N)N. The number of hydrogen-bond acceptors (Lipinski definition) is 4. The summed E-state index contributed by atoms with van der Waals surface area (Å²) in [7, 11) is 0. The minimum atomic E-state index is -0.217. The van der Waals surface area contributed by atoms with E-state index in [1.807, 2.05) is 0 Å². The fourth-order valence-electron chi connectivity index (χ4n) is 1.10. The Labute approximate surface area is 74.7 Å². The highest BCUT2D eigenvalue weighted by atomic mass is 14.8. The maximum atomic E-state index is 5.81. The molecule has 0 aromatic carbocycles. The van der Waals surface area contributed by atoms with Gasteiger partial charge in [-0.05, 0) is 32.2 Å². The molecule has 0 bridgehead atoms. The van der Waals surface area contributed by atoms with Crippen LogP contribution in [-0.4, -0.2) is 18.8 Å². The fraction of sp³-hybridized carbons (Fsp3) is 1.00. The standard InChI is InChI=1S/C8H22N4/c9-6-2-1-3-7(10)4-5-8(11)12/h7-8H,1-6,9-12H2. The summed E-state index contributed by atoms with van der Waals surface area (Å²) in [5, 5.41) is 0. The van der Waals surface area contributed by atoms with Crippen LogP contribution in [-0.2, 0) is 0 Å². The fourth-order valence-corrected chi connectivity index (χ4v) is 1.10. The Kier molecular flexibility index (Phi) is 7.39. The molecule has 0 aliphatic carbocycles. The highest BCUT2D eigenvalue weighted by Gasteiger charge is 2.03. The molecular formula is C8H22N4. The second-order valence-electron chi connectivity index (χ2n) is 3.29. The van der Waals surface area contributed by atoms with Crippen molar-refractivity contribution >= 4 is 0 Å². The Morgan fingerprint density at radius 3 is 2.00 bits per heavy atom. The molecule has 0 aromatic heterocycles. The molecule has 0 spiro atoms. The van der Waals surface area contributed by atoms with Crippen LogP contribution in [0.2, 0.25) is 0 Å². The van der Waals surface area contributed by atoms with Gasteiger partial charge in [0, 0.05) is 6.04 Å². The highest BCUT2D eigenvalue weighted by Crippen LogP contribution is 2.03. The molecule has 0 aromatic rings. The largest absolute Gasteiger partial charge is 0.330 e. The topological polar surface area (TPSA) is 104 Å². The second-order valence-corrected chi connectivity index (χ2v) is 3.29. The van der Waals surface area contributed by atoms with Gasteiger partial charge in [0.1, 0.15) is 0 Å². The van der Waals surface area contributed by atoms with Crippen LogP contribution in [0, 0.1) is 0 Å². The summed E-state index contributed by atoms with van der Waals surface area (Å²) in [6.45, 7) is 0.753. The summed E-state index contributed by atoms with van der Waals surface area (Å²) in [5.41, 5.74) is 22.0. The lowest BCUT2D eigenvalue weighted by Crippen LogP contribution is -2.33. The molecule has 0 saturated heterocycles. The summed E-state index contributed by atoms with van der Waals surface area (Å²) in [6, 6.07) is 0.242. The minimum Gasteiger partial charge on any atom is -0.330 e. The van der Waals surface area contributed by atoms with Crippen LogP contribution in [0.5, 0.6) is 0 Å². The van der Waals surface area contributed by atoms with Crippen molar-refractivity contribution in [1.82, 2.24) is 0 Å². The predicted molar refractivity (Wildman–Crippen MR) is 52.3 cm³/mol.